The number of nitro groups is 1. The van der Waals surface area contributed by atoms with Gasteiger partial charge in [0.2, 0.25) is 5.91 Å². The van der Waals surface area contributed by atoms with Gasteiger partial charge in [-0.05, 0) is 42.3 Å². The van der Waals surface area contributed by atoms with Gasteiger partial charge in [-0.1, -0.05) is 0 Å². The molecule has 164 valence electrons. The highest BCUT2D eigenvalue weighted by atomic mass is 32.2. The van der Waals surface area contributed by atoms with E-state index in [0.29, 0.717) is 18.5 Å². The van der Waals surface area contributed by atoms with Crippen LogP contribution in [0.4, 0.5) is 17.1 Å². The van der Waals surface area contributed by atoms with Crippen molar-refractivity contribution in [3.05, 3.63) is 57.6 Å². The third-order valence-electron chi connectivity index (χ3n) is 4.94. The van der Waals surface area contributed by atoms with E-state index >= 15 is 0 Å². The van der Waals surface area contributed by atoms with Crippen LogP contribution in [0.25, 0.3) is 0 Å². The van der Waals surface area contributed by atoms with E-state index in [1.165, 1.54) is 19.1 Å². The van der Waals surface area contributed by atoms with Crippen LogP contribution in [-0.4, -0.2) is 51.0 Å². The van der Waals surface area contributed by atoms with Gasteiger partial charge >= 0.3 is 0 Å². The van der Waals surface area contributed by atoms with Crippen LogP contribution in [0.3, 0.4) is 0 Å². The third kappa shape index (κ3) is 5.00. The molecule has 0 radical (unpaired) electrons. The quantitative estimate of drug-likeness (QED) is 0.375. The van der Waals surface area contributed by atoms with Crippen molar-refractivity contribution in [2.75, 3.05) is 36.1 Å². The van der Waals surface area contributed by atoms with Gasteiger partial charge in [0.1, 0.15) is 5.69 Å². The van der Waals surface area contributed by atoms with E-state index in [1.807, 2.05) is 0 Å². The van der Waals surface area contributed by atoms with Gasteiger partial charge in [-0.25, -0.2) is 8.42 Å². The average molecular weight is 446 g/mol. The number of fused-ring (bicyclic) bond motifs is 1. The molecule has 1 heterocycles. The average Bonchev–Trinajstić information content (AvgIpc) is 3.13. The Morgan fingerprint density at radius 3 is 2.55 bits per heavy atom. The third-order valence-corrected chi connectivity index (χ3v) is 6.05. The first-order valence-electron chi connectivity index (χ1n) is 9.49. The lowest BCUT2D eigenvalue weighted by atomic mass is 10.1. The van der Waals surface area contributed by atoms with Crippen molar-refractivity contribution in [3.8, 4) is 0 Å². The van der Waals surface area contributed by atoms with Crippen LogP contribution in [0, 0.1) is 10.1 Å². The lowest BCUT2D eigenvalue weighted by molar-refractivity contribution is -0.384. The summed E-state index contributed by atoms with van der Waals surface area (Å²) in [5, 5.41) is 16.8. The number of amides is 2. The minimum Gasteiger partial charge on any atom is -0.378 e. The van der Waals surface area contributed by atoms with Crippen molar-refractivity contribution in [2.24, 2.45) is 0 Å². The largest absolute Gasteiger partial charge is 0.378 e. The topological polar surface area (TPSA) is 139 Å². The second kappa shape index (κ2) is 8.72. The number of sulfone groups is 1. The molecular weight excluding hydrogens is 424 g/mol. The summed E-state index contributed by atoms with van der Waals surface area (Å²) in [6, 6.07) is 8.79. The molecule has 0 atom stereocenters. The summed E-state index contributed by atoms with van der Waals surface area (Å²) in [4.78, 5) is 36.2. The summed E-state index contributed by atoms with van der Waals surface area (Å²) in [5.41, 5.74) is 2.02. The van der Waals surface area contributed by atoms with Crippen LogP contribution in [0.1, 0.15) is 22.8 Å². The Kier molecular flexibility index (Phi) is 6.25. The molecule has 11 heteroatoms. The van der Waals surface area contributed by atoms with Crippen molar-refractivity contribution < 1.29 is 22.9 Å². The molecule has 31 heavy (non-hydrogen) atoms. The minimum absolute atomic E-state index is 0.0410. The fraction of sp³-hybridized carbons (Fsp3) is 0.300. The van der Waals surface area contributed by atoms with Crippen LogP contribution in [0.2, 0.25) is 0 Å². The maximum absolute atomic E-state index is 12.4. The van der Waals surface area contributed by atoms with Gasteiger partial charge in [0.05, 0.1) is 9.82 Å². The molecule has 0 saturated heterocycles. The summed E-state index contributed by atoms with van der Waals surface area (Å²) in [6.45, 7) is 2.49. The molecular formula is C20H22N4O6S. The summed E-state index contributed by atoms with van der Waals surface area (Å²) in [7, 11) is -3.57. The second-order valence-corrected chi connectivity index (χ2v) is 9.17. The lowest BCUT2D eigenvalue weighted by Crippen LogP contribution is -2.29. The Balaban J connectivity index is 1.60. The molecule has 10 nitrogen and oxygen atoms in total. The SMILES string of the molecule is CC(=O)N1CCc2cc(C(=O)NCCNc3ccc(S(C)(=O)=O)cc3[N+](=O)[O-])ccc21. The molecule has 2 N–H and O–H groups in total. The van der Waals surface area contributed by atoms with Crippen LogP contribution in [0.5, 0.6) is 0 Å². The van der Waals surface area contributed by atoms with Crippen molar-refractivity contribution >= 4 is 38.7 Å². The summed E-state index contributed by atoms with van der Waals surface area (Å²) in [5.74, 6) is -0.339. The molecule has 0 saturated carbocycles. The van der Waals surface area contributed by atoms with Gasteiger partial charge in [0.25, 0.3) is 11.6 Å². The molecule has 0 fully saturated rings. The molecule has 0 bridgehead atoms. The standard InChI is InChI=1S/C20H22N4O6S/c1-13(25)23-10-7-14-11-15(3-6-18(14)23)20(26)22-9-8-21-17-5-4-16(31(2,29)30)12-19(17)24(27)28/h3-6,11-12,21H,7-10H2,1-2H3,(H,22,26). The number of anilines is 2. The maximum atomic E-state index is 12.4. The first-order chi connectivity index (χ1) is 14.6. The number of rotatable bonds is 7. The van der Waals surface area contributed by atoms with E-state index in [1.54, 1.807) is 23.1 Å². The van der Waals surface area contributed by atoms with Crippen molar-refractivity contribution in [3.63, 3.8) is 0 Å². The number of carbonyl (C=O) groups excluding carboxylic acids is 2. The van der Waals surface area contributed by atoms with Crippen LogP contribution < -0.4 is 15.5 Å². The Morgan fingerprint density at radius 2 is 1.90 bits per heavy atom. The fourth-order valence-corrected chi connectivity index (χ4v) is 4.03. The number of benzene rings is 2. The first-order valence-corrected chi connectivity index (χ1v) is 11.4. The molecule has 0 unspecified atom stereocenters. The smallest absolute Gasteiger partial charge is 0.293 e. The van der Waals surface area contributed by atoms with Crippen molar-refractivity contribution in [1.29, 1.82) is 0 Å². The van der Waals surface area contributed by atoms with Crippen LogP contribution in [0.15, 0.2) is 41.3 Å². The number of hydrogen-bond donors (Lipinski definition) is 2. The van der Waals surface area contributed by atoms with Gasteiger partial charge in [0, 0.05) is 50.1 Å². The Morgan fingerprint density at radius 1 is 1.16 bits per heavy atom. The zero-order valence-corrected chi connectivity index (χ0v) is 17.9. The van der Waals surface area contributed by atoms with Crippen molar-refractivity contribution in [1.82, 2.24) is 5.32 Å². The van der Waals surface area contributed by atoms with Gasteiger partial charge in [-0.2, -0.15) is 0 Å². The van der Waals surface area contributed by atoms with E-state index in [9.17, 15) is 28.1 Å². The zero-order chi connectivity index (χ0) is 22.8. The first kappa shape index (κ1) is 22.2. The lowest BCUT2D eigenvalue weighted by Gasteiger charge is -2.15. The fourth-order valence-electron chi connectivity index (χ4n) is 3.39. The van der Waals surface area contributed by atoms with E-state index in [0.717, 1.165) is 23.6 Å². The molecule has 1 aliphatic heterocycles. The van der Waals surface area contributed by atoms with E-state index in [2.05, 4.69) is 10.6 Å². The van der Waals surface area contributed by atoms with Gasteiger partial charge in [-0.15, -0.1) is 0 Å². The van der Waals surface area contributed by atoms with Gasteiger partial charge in [-0.3, -0.25) is 19.7 Å². The van der Waals surface area contributed by atoms with Crippen LogP contribution in [-0.2, 0) is 21.1 Å². The highest BCUT2D eigenvalue weighted by molar-refractivity contribution is 7.90. The molecule has 2 aromatic carbocycles. The number of nitrogens with zero attached hydrogens (tertiary/aromatic N) is 2. The molecule has 0 aliphatic carbocycles. The number of nitrogens with one attached hydrogen (secondary N) is 2. The van der Waals surface area contributed by atoms with E-state index < -0.39 is 14.8 Å². The number of carbonyl (C=O) groups is 2. The molecule has 0 spiro atoms. The second-order valence-electron chi connectivity index (χ2n) is 7.16. The van der Waals surface area contributed by atoms with Crippen molar-refractivity contribution in [2.45, 2.75) is 18.2 Å². The predicted octanol–water partition coefficient (Wildman–Crippen LogP) is 1.75. The van der Waals surface area contributed by atoms with E-state index in [-0.39, 0.29) is 41.2 Å². The molecule has 3 rings (SSSR count). The zero-order valence-electron chi connectivity index (χ0n) is 17.0. The summed E-state index contributed by atoms with van der Waals surface area (Å²) in [6.07, 6.45) is 1.66. The maximum Gasteiger partial charge on any atom is 0.293 e. The molecule has 0 aromatic heterocycles. The Hall–Kier alpha value is -3.47. The predicted molar refractivity (Wildman–Crippen MR) is 115 cm³/mol. The molecule has 2 amide bonds. The van der Waals surface area contributed by atoms with Crippen LogP contribution >= 0.6 is 0 Å². The minimum atomic E-state index is -3.57. The normalized spacial score (nSPS) is 12.9. The summed E-state index contributed by atoms with van der Waals surface area (Å²) >= 11 is 0. The Labute approximate surface area is 179 Å². The highest BCUT2D eigenvalue weighted by Gasteiger charge is 2.23. The number of hydrogen-bond acceptors (Lipinski definition) is 7. The monoisotopic (exact) mass is 446 g/mol. The molecule has 1 aliphatic rings. The van der Waals surface area contributed by atoms with E-state index in [4.69, 9.17) is 0 Å². The Bertz CT molecular complexity index is 1160. The molecule has 2 aromatic rings. The number of nitro benzene ring substituents is 1. The van der Waals surface area contributed by atoms with Gasteiger partial charge in [0.15, 0.2) is 9.84 Å². The highest BCUT2D eigenvalue weighted by Crippen LogP contribution is 2.29. The van der Waals surface area contributed by atoms with Gasteiger partial charge < -0.3 is 15.5 Å². The summed E-state index contributed by atoms with van der Waals surface area (Å²) < 4.78 is 23.2.